The van der Waals surface area contributed by atoms with E-state index in [2.05, 4.69) is 5.32 Å². The highest BCUT2D eigenvalue weighted by Crippen LogP contribution is 2.18. The number of rotatable bonds is 5. The Labute approximate surface area is 126 Å². The van der Waals surface area contributed by atoms with Gasteiger partial charge in [-0.2, -0.15) is 0 Å². The zero-order chi connectivity index (χ0) is 16.2. The molecule has 21 heavy (non-hydrogen) atoms. The average Bonchev–Trinajstić information content (AvgIpc) is 2.32. The van der Waals surface area contributed by atoms with Gasteiger partial charge in [0.1, 0.15) is 0 Å². The van der Waals surface area contributed by atoms with Gasteiger partial charge >= 0.3 is 5.97 Å². The second kappa shape index (κ2) is 6.72. The number of hydrogen-bond donors (Lipinski definition) is 2. The first-order valence-electron chi connectivity index (χ1n) is 6.94. The van der Waals surface area contributed by atoms with Gasteiger partial charge in [0.15, 0.2) is 0 Å². The van der Waals surface area contributed by atoms with Crippen molar-refractivity contribution in [2.75, 3.05) is 18.4 Å². The van der Waals surface area contributed by atoms with E-state index in [1.54, 1.807) is 4.90 Å². The maximum atomic E-state index is 12.2. The van der Waals surface area contributed by atoms with Gasteiger partial charge < -0.3 is 10.4 Å². The average molecular weight is 292 g/mol. The quantitative estimate of drug-likeness (QED) is 0.874. The van der Waals surface area contributed by atoms with Crippen LogP contribution in [0.5, 0.6) is 0 Å². The normalized spacial score (nSPS) is 11.5. The van der Waals surface area contributed by atoms with Crippen molar-refractivity contribution in [3.63, 3.8) is 0 Å². The van der Waals surface area contributed by atoms with Crippen molar-refractivity contribution in [2.45, 2.75) is 40.2 Å². The third kappa shape index (κ3) is 5.19. The minimum atomic E-state index is -0.940. The van der Waals surface area contributed by atoms with Crippen LogP contribution in [-0.4, -0.2) is 40.5 Å². The summed E-state index contributed by atoms with van der Waals surface area (Å²) in [7, 11) is 0. The van der Waals surface area contributed by atoms with Crippen molar-refractivity contribution >= 4 is 17.6 Å². The molecule has 1 aromatic carbocycles. The highest BCUT2D eigenvalue weighted by Gasteiger charge is 2.25. The lowest BCUT2D eigenvalue weighted by molar-refractivity contribution is -0.140. The molecule has 0 saturated heterocycles. The summed E-state index contributed by atoms with van der Waals surface area (Å²) < 4.78 is 0. The SMILES string of the molecule is Cc1cccc(NC(=O)CN(CC(=O)O)C(C)(C)C)c1C. The van der Waals surface area contributed by atoms with Gasteiger partial charge in [-0.05, 0) is 51.8 Å². The Morgan fingerprint density at radius 2 is 1.81 bits per heavy atom. The summed E-state index contributed by atoms with van der Waals surface area (Å²) in [5.41, 5.74) is 2.50. The Balaban J connectivity index is 2.79. The Bertz CT molecular complexity index is 533. The van der Waals surface area contributed by atoms with Crippen LogP contribution in [0.15, 0.2) is 18.2 Å². The first kappa shape index (κ1) is 17.2. The molecule has 0 fully saturated rings. The van der Waals surface area contributed by atoms with E-state index < -0.39 is 11.5 Å². The molecule has 0 spiro atoms. The lowest BCUT2D eigenvalue weighted by Gasteiger charge is -2.33. The van der Waals surface area contributed by atoms with Gasteiger partial charge in [-0.15, -0.1) is 0 Å². The van der Waals surface area contributed by atoms with Crippen LogP contribution in [0.4, 0.5) is 5.69 Å². The second-order valence-electron chi connectivity index (χ2n) is 6.22. The zero-order valence-corrected chi connectivity index (χ0v) is 13.4. The molecule has 5 heteroatoms. The zero-order valence-electron chi connectivity index (χ0n) is 13.4. The van der Waals surface area contributed by atoms with Gasteiger partial charge in [-0.25, -0.2) is 0 Å². The minimum absolute atomic E-state index is 0.0448. The topological polar surface area (TPSA) is 69.6 Å². The number of aliphatic carboxylic acids is 1. The summed E-state index contributed by atoms with van der Waals surface area (Å²) in [6, 6.07) is 5.71. The van der Waals surface area contributed by atoms with Crippen molar-refractivity contribution in [3.05, 3.63) is 29.3 Å². The molecule has 0 atom stereocenters. The van der Waals surface area contributed by atoms with Gasteiger partial charge in [0, 0.05) is 11.2 Å². The summed E-state index contributed by atoms with van der Waals surface area (Å²) >= 11 is 0. The standard InChI is InChI=1S/C16H24N2O3/c1-11-7-6-8-13(12(11)2)17-14(19)9-18(10-15(20)21)16(3,4)5/h6-8H,9-10H2,1-5H3,(H,17,19)(H,20,21). The Kier molecular flexibility index (Phi) is 5.49. The molecule has 0 unspecified atom stereocenters. The number of hydrogen-bond acceptors (Lipinski definition) is 3. The number of benzene rings is 1. The smallest absolute Gasteiger partial charge is 0.317 e. The predicted octanol–water partition coefficient (Wildman–Crippen LogP) is 2.43. The van der Waals surface area contributed by atoms with E-state index in [0.717, 1.165) is 16.8 Å². The van der Waals surface area contributed by atoms with Gasteiger partial charge in [-0.1, -0.05) is 12.1 Å². The minimum Gasteiger partial charge on any atom is -0.480 e. The molecule has 0 bridgehead atoms. The summed E-state index contributed by atoms with van der Waals surface area (Å²) in [6.07, 6.45) is 0. The molecule has 0 aliphatic rings. The van der Waals surface area contributed by atoms with Crippen molar-refractivity contribution in [1.29, 1.82) is 0 Å². The maximum absolute atomic E-state index is 12.2. The fraction of sp³-hybridized carbons (Fsp3) is 0.500. The highest BCUT2D eigenvalue weighted by atomic mass is 16.4. The van der Waals surface area contributed by atoms with Crippen LogP contribution in [0.1, 0.15) is 31.9 Å². The lowest BCUT2D eigenvalue weighted by atomic mass is 10.1. The van der Waals surface area contributed by atoms with E-state index in [9.17, 15) is 9.59 Å². The van der Waals surface area contributed by atoms with Crippen LogP contribution < -0.4 is 5.32 Å². The Morgan fingerprint density at radius 3 is 2.33 bits per heavy atom. The molecule has 0 radical (unpaired) electrons. The molecule has 0 saturated carbocycles. The highest BCUT2D eigenvalue weighted by molar-refractivity contribution is 5.93. The number of carbonyl (C=O) groups excluding carboxylic acids is 1. The van der Waals surface area contributed by atoms with Crippen LogP contribution in [-0.2, 0) is 9.59 Å². The second-order valence-corrected chi connectivity index (χ2v) is 6.22. The van der Waals surface area contributed by atoms with E-state index in [0.29, 0.717) is 0 Å². The number of carboxylic acid groups (broad SMARTS) is 1. The van der Waals surface area contributed by atoms with E-state index in [1.165, 1.54) is 0 Å². The Morgan fingerprint density at radius 1 is 1.19 bits per heavy atom. The van der Waals surface area contributed by atoms with Gasteiger partial charge in [-0.3, -0.25) is 14.5 Å². The monoisotopic (exact) mass is 292 g/mol. The molecule has 0 aromatic heterocycles. The largest absolute Gasteiger partial charge is 0.480 e. The van der Waals surface area contributed by atoms with Gasteiger partial charge in [0.05, 0.1) is 13.1 Å². The number of amides is 1. The fourth-order valence-corrected chi connectivity index (χ4v) is 1.94. The lowest BCUT2D eigenvalue weighted by Crippen LogP contribution is -2.48. The molecule has 1 amide bonds. The molecular formula is C16H24N2O3. The van der Waals surface area contributed by atoms with Crippen LogP contribution >= 0.6 is 0 Å². The van der Waals surface area contributed by atoms with Crippen molar-refractivity contribution < 1.29 is 14.7 Å². The molecule has 5 nitrogen and oxygen atoms in total. The fourth-order valence-electron chi connectivity index (χ4n) is 1.94. The number of aryl methyl sites for hydroxylation is 1. The molecule has 1 rings (SSSR count). The number of anilines is 1. The molecule has 1 aromatic rings. The molecule has 0 aliphatic carbocycles. The maximum Gasteiger partial charge on any atom is 0.317 e. The van der Waals surface area contributed by atoms with Gasteiger partial charge in [0.2, 0.25) is 5.91 Å². The van der Waals surface area contributed by atoms with Crippen molar-refractivity contribution in [2.24, 2.45) is 0 Å². The summed E-state index contributed by atoms with van der Waals surface area (Å²) in [4.78, 5) is 24.7. The molecule has 116 valence electrons. The molecule has 0 aliphatic heterocycles. The van der Waals surface area contributed by atoms with Crippen LogP contribution in [0, 0.1) is 13.8 Å². The van der Waals surface area contributed by atoms with Crippen LogP contribution in [0.2, 0.25) is 0 Å². The summed E-state index contributed by atoms with van der Waals surface area (Å²) in [5.74, 6) is -1.15. The van der Waals surface area contributed by atoms with Crippen molar-refractivity contribution in [1.82, 2.24) is 4.90 Å². The van der Waals surface area contributed by atoms with Crippen LogP contribution in [0.25, 0.3) is 0 Å². The molecule has 2 N–H and O–H groups in total. The molecular weight excluding hydrogens is 268 g/mol. The van der Waals surface area contributed by atoms with Gasteiger partial charge in [0.25, 0.3) is 0 Å². The molecule has 0 heterocycles. The number of nitrogens with zero attached hydrogens (tertiary/aromatic N) is 1. The summed E-state index contributed by atoms with van der Waals surface area (Å²) in [5, 5.41) is 11.8. The first-order valence-corrected chi connectivity index (χ1v) is 6.94. The van der Waals surface area contributed by atoms with Crippen LogP contribution in [0.3, 0.4) is 0 Å². The third-order valence-electron chi connectivity index (χ3n) is 3.49. The first-order chi connectivity index (χ1) is 9.61. The predicted molar refractivity (Wildman–Crippen MR) is 83.5 cm³/mol. The van der Waals surface area contributed by atoms with E-state index in [1.807, 2.05) is 52.8 Å². The summed E-state index contributed by atoms with van der Waals surface area (Å²) in [6.45, 7) is 9.48. The van der Waals surface area contributed by atoms with E-state index in [4.69, 9.17) is 5.11 Å². The van der Waals surface area contributed by atoms with E-state index >= 15 is 0 Å². The van der Waals surface area contributed by atoms with Crippen molar-refractivity contribution in [3.8, 4) is 0 Å². The third-order valence-corrected chi connectivity index (χ3v) is 3.49. The number of nitrogens with one attached hydrogen (secondary N) is 1. The Hall–Kier alpha value is -1.88. The van der Waals surface area contributed by atoms with E-state index in [-0.39, 0.29) is 19.0 Å². The number of carboxylic acids is 1. The number of carbonyl (C=O) groups is 2.